The van der Waals surface area contributed by atoms with Crippen molar-refractivity contribution in [3.63, 3.8) is 0 Å². The molecule has 176 valence electrons. The summed E-state index contributed by atoms with van der Waals surface area (Å²) in [5.41, 5.74) is -1.08. The second-order valence-electron chi connectivity index (χ2n) is 9.34. The molecule has 2 heterocycles. The molecule has 5 rings (SSSR count). The van der Waals surface area contributed by atoms with Crippen molar-refractivity contribution in [2.45, 2.75) is 50.7 Å². The van der Waals surface area contributed by atoms with Crippen molar-refractivity contribution in [2.75, 3.05) is 13.2 Å². The number of nitrogens with one attached hydrogen (secondary N) is 2. The lowest BCUT2D eigenvalue weighted by Gasteiger charge is -2.28. The SMILES string of the molecule is CC1COc2c(F)c(F)cc3c(=O)c(C(=O)N[C@@H](CO)C(=O)NC4CC5CCC4C5)cn1c23. The Balaban J connectivity index is 1.43. The maximum Gasteiger partial charge on any atom is 0.257 e. The lowest BCUT2D eigenvalue weighted by Crippen LogP contribution is -2.53. The molecule has 1 aromatic heterocycles. The van der Waals surface area contributed by atoms with Gasteiger partial charge < -0.3 is 25.0 Å². The number of amides is 2. The lowest BCUT2D eigenvalue weighted by molar-refractivity contribution is -0.124. The Hall–Kier alpha value is -3.01. The number of ether oxygens (including phenoxy) is 1. The number of pyridine rings is 1. The monoisotopic (exact) mass is 461 g/mol. The van der Waals surface area contributed by atoms with Crippen LogP contribution in [-0.2, 0) is 4.79 Å². The number of hydrogen-bond donors (Lipinski definition) is 3. The van der Waals surface area contributed by atoms with E-state index in [1.807, 2.05) is 0 Å². The van der Waals surface area contributed by atoms with Crippen molar-refractivity contribution < 1.29 is 28.2 Å². The van der Waals surface area contributed by atoms with Crippen LogP contribution in [0.1, 0.15) is 49.0 Å². The van der Waals surface area contributed by atoms with Crippen LogP contribution in [0.5, 0.6) is 5.75 Å². The molecule has 0 spiro atoms. The Kier molecular flexibility index (Phi) is 5.35. The largest absolute Gasteiger partial charge is 0.486 e. The fourth-order valence-electron chi connectivity index (χ4n) is 5.49. The van der Waals surface area contributed by atoms with E-state index in [2.05, 4.69) is 10.6 Å². The first kappa shape index (κ1) is 21.8. The van der Waals surface area contributed by atoms with E-state index in [0.717, 1.165) is 25.3 Å². The van der Waals surface area contributed by atoms with Crippen LogP contribution in [0.3, 0.4) is 0 Å². The van der Waals surface area contributed by atoms with Crippen molar-refractivity contribution >= 4 is 22.7 Å². The molecule has 3 N–H and O–H groups in total. The summed E-state index contributed by atoms with van der Waals surface area (Å²) in [5, 5.41) is 14.9. The molecule has 2 aromatic rings. The van der Waals surface area contributed by atoms with Crippen LogP contribution in [0.25, 0.3) is 10.9 Å². The molecule has 2 amide bonds. The van der Waals surface area contributed by atoms with Gasteiger partial charge in [0, 0.05) is 12.2 Å². The third kappa shape index (κ3) is 3.56. The zero-order valence-corrected chi connectivity index (χ0v) is 18.1. The van der Waals surface area contributed by atoms with Gasteiger partial charge in [-0.25, -0.2) is 4.39 Å². The van der Waals surface area contributed by atoms with Gasteiger partial charge in [-0.3, -0.25) is 14.4 Å². The highest BCUT2D eigenvalue weighted by Crippen LogP contribution is 2.44. The number of fused-ring (bicyclic) bond motifs is 2. The van der Waals surface area contributed by atoms with Gasteiger partial charge in [0.15, 0.2) is 11.6 Å². The Labute approximate surface area is 187 Å². The number of aliphatic hydroxyl groups excluding tert-OH is 1. The van der Waals surface area contributed by atoms with Gasteiger partial charge in [0.2, 0.25) is 17.2 Å². The van der Waals surface area contributed by atoms with Crippen LogP contribution in [0.4, 0.5) is 8.78 Å². The Morgan fingerprint density at radius 3 is 2.76 bits per heavy atom. The summed E-state index contributed by atoms with van der Waals surface area (Å²) in [7, 11) is 0. The summed E-state index contributed by atoms with van der Waals surface area (Å²) in [6.07, 6.45) is 5.46. The molecular weight excluding hydrogens is 436 g/mol. The zero-order chi connectivity index (χ0) is 23.4. The topological polar surface area (TPSA) is 110 Å². The van der Waals surface area contributed by atoms with Gasteiger partial charge in [-0.2, -0.15) is 4.39 Å². The number of aromatic nitrogens is 1. The third-order valence-corrected chi connectivity index (χ3v) is 7.22. The second kappa shape index (κ2) is 8.09. The van der Waals surface area contributed by atoms with Crippen molar-refractivity contribution in [3.05, 3.63) is 39.7 Å². The highest BCUT2D eigenvalue weighted by Gasteiger charge is 2.41. The van der Waals surface area contributed by atoms with Gasteiger partial charge in [-0.1, -0.05) is 6.42 Å². The minimum Gasteiger partial charge on any atom is -0.486 e. The van der Waals surface area contributed by atoms with Crippen molar-refractivity contribution in [3.8, 4) is 5.75 Å². The fraction of sp³-hybridized carbons (Fsp3) is 0.522. The molecular formula is C23H25F2N3O5. The quantitative estimate of drug-likeness (QED) is 0.627. The van der Waals surface area contributed by atoms with Crippen LogP contribution < -0.4 is 20.8 Å². The number of benzene rings is 1. The number of carbonyl (C=O) groups excluding carboxylic acids is 2. The van der Waals surface area contributed by atoms with Crippen LogP contribution in [0, 0.1) is 23.5 Å². The number of nitrogens with zero attached hydrogens (tertiary/aromatic N) is 1. The van der Waals surface area contributed by atoms with E-state index in [1.165, 1.54) is 17.2 Å². The van der Waals surface area contributed by atoms with Crippen molar-refractivity contribution in [1.82, 2.24) is 15.2 Å². The third-order valence-electron chi connectivity index (χ3n) is 7.22. The zero-order valence-electron chi connectivity index (χ0n) is 18.1. The molecule has 3 aliphatic rings. The summed E-state index contributed by atoms with van der Waals surface area (Å²) in [5.74, 6) is -3.19. The van der Waals surface area contributed by atoms with E-state index in [4.69, 9.17) is 4.74 Å². The molecule has 33 heavy (non-hydrogen) atoms. The number of halogens is 2. The maximum absolute atomic E-state index is 14.2. The molecule has 1 aliphatic heterocycles. The van der Waals surface area contributed by atoms with E-state index in [-0.39, 0.29) is 40.9 Å². The average Bonchev–Trinajstić information content (AvgIpc) is 3.41. The molecule has 2 fully saturated rings. The minimum atomic E-state index is -1.26. The predicted molar refractivity (Wildman–Crippen MR) is 114 cm³/mol. The number of aliphatic hydroxyl groups is 1. The van der Waals surface area contributed by atoms with Crippen LogP contribution >= 0.6 is 0 Å². The first-order chi connectivity index (χ1) is 15.8. The molecule has 8 nitrogen and oxygen atoms in total. The van der Waals surface area contributed by atoms with Gasteiger partial charge in [-0.05, 0) is 44.1 Å². The normalized spacial score (nSPS) is 26.2. The molecule has 5 atom stereocenters. The van der Waals surface area contributed by atoms with Crippen LogP contribution in [0.2, 0.25) is 0 Å². The summed E-state index contributed by atoms with van der Waals surface area (Å²) in [6, 6.07) is -0.826. The van der Waals surface area contributed by atoms with Crippen LogP contribution in [0.15, 0.2) is 17.1 Å². The number of carbonyl (C=O) groups is 2. The summed E-state index contributed by atoms with van der Waals surface area (Å²) < 4.78 is 35.1. The Morgan fingerprint density at radius 2 is 2.09 bits per heavy atom. The first-order valence-electron chi connectivity index (χ1n) is 11.2. The second-order valence-corrected chi connectivity index (χ2v) is 9.34. The van der Waals surface area contributed by atoms with Gasteiger partial charge >= 0.3 is 0 Å². The first-order valence-corrected chi connectivity index (χ1v) is 11.2. The fourth-order valence-corrected chi connectivity index (χ4v) is 5.49. The van der Waals surface area contributed by atoms with E-state index in [1.54, 1.807) is 6.92 Å². The average molecular weight is 461 g/mol. The van der Waals surface area contributed by atoms with E-state index in [9.17, 15) is 28.3 Å². The Morgan fingerprint density at radius 1 is 1.30 bits per heavy atom. The number of rotatable bonds is 5. The smallest absolute Gasteiger partial charge is 0.257 e. The predicted octanol–water partition coefficient (Wildman–Crippen LogP) is 1.63. The molecule has 2 saturated carbocycles. The molecule has 0 saturated heterocycles. The summed E-state index contributed by atoms with van der Waals surface area (Å²) in [4.78, 5) is 38.7. The lowest BCUT2D eigenvalue weighted by atomic mass is 9.95. The molecule has 0 radical (unpaired) electrons. The van der Waals surface area contributed by atoms with Gasteiger partial charge in [-0.15, -0.1) is 0 Å². The van der Waals surface area contributed by atoms with E-state index < -0.39 is 41.5 Å². The van der Waals surface area contributed by atoms with Crippen LogP contribution in [-0.4, -0.2) is 46.8 Å². The molecule has 2 aliphatic carbocycles. The summed E-state index contributed by atoms with van der Waals surface area (Å²) in [6.45, 7) is 1.13. The van der Waals surface area contributed by atoms with Crippen molar-refractivity contribution in [1.29, 1.82) is 0 Å². The van der Waals surface area contributed by atoms with Gasteiger partial charge in [0.1, 0.15) is 18.2 Å². The molecule has 1 aromatic carbocycles. The molecule has 2 bridgehead atoms. The molecule has 10 heteroatoms. The number of hydrogen-bond acceptors (Lipinski definition) is 5. The highest BCUT2D eigenvalue weighted by molar-refractivity contribution is 6.00. The Bertz CT molecular complexity index is 1210. The van der Waals surface area contributed by atoms with E-state index >= 15 is 0 Å². The van der Waals surface area contributed by atoms with Gasteiger partial charge in [0.05, 0.1) is 23.6 Å². The maximum atomic E-state index is 14.2. The van der Waals surface area contributed by atoms with Crippen molar-refractivity contribution in [2.24, 2.45) is 11.8 Å². The highest BCUT2D eigenvalue weighted by atomic mass is 19.2. The van der Waals surface area contributed by atoms with E-state index in [0.29, 0.717) is 11.8 Å². The van der Waals surface area contributed by atoms with Gasteiger partial charge in [0.25, 0.3) is 5.91 Å². The summed E-state index contributed by atoms with van der Waals surface area (Å²) >= 11 is 0. The standard InChI is InChI=1S/C23H25F2N3O5/c1-10-9-33-21-18(25)15(24)6-13-19(21)28(10)7-14(20(13)30)22(31)27-17(8-29)23(32)26-16-5-11-2-3-12(16)4-11/h6-7,10-12,16-17,29H,2-5,8-9H2,1H3,(H,26,32)(H,27,31)/t10?,11?,12?,16?,17-/m0/s1. The molecule has 4 unspecified atom stereocenters. The minimum absolute atomic E-state index is 0.0232.